The second-order valence-electron chi connectivity index (χ2n) is 5.74. The van der Waals surface area contributed by atoms with Crippen LogP contribution in [0.3, 0.4) is 0 Å². The van der Waals surface area contributed by atoms with Gasteiger partial charge in [-0.1, -0.05) is 13.0 Å². The molecule has 118 valence electrons. The molecule has 0 amide bonds. The third-order valence-corrected chi connectivity index (χ3v) is 5.88. The lowest BCUT2D eigenvalue weighted by Gasteiger charge is -2.20. The van der Waals surface area contributed by atoms with Crippen molar-refractivity contribution in [2.45, 2.75) is 37.6 Å². The summed E-state index contributed by atoms with van der Waals surface area (Å²) in [5.41, 5.74) is 0.765. The summed E-state index contributed by atoms with van der Waals surface area (Å²) in [4.78, 5) is -0.204. The quantitative estimate of drug-likeness (QED) is 0.928. The van der Waals surface area contributed by atoms with Crippen molar-refractivity contribution in [2.24, 2.45) is 5.92 Å². The Labute approximate surface area is 126 Å². The fourth-order valence-corrected chi connectivity index (χ4v) is 4.28. The maximum Gasteiger partial charge on any atom is 0.245 e. The molecule has 1 N–H and O–H groups in total. The second-order valence-corrected chi connectivity index (χ2v) is 7.64. The topological polar surface area (TPSA) is 49.4 Å². The van der Waals surface area contributed by atoms with Gasteiger partial charge in [-0.3, -0.25) is 0 Å². The molecule has 0 radical (unpaired) electrons. The standard InChI is InChI=1S/C15H23FN2O2S/c1-12-4-3-8-18(9-7-12)21(19,20)15-10-13(11-17-2)5-6-14(15)16/h5-6,10,12,17H,3-4,7-9,11H2,1-2H3. The van der Waals surface area contributed by atoms with E-state index >= 15 is 0 Å². The lowest BCUT2D eigenvalue weighted by molar-refractivity contribution is 0.413. The highest BCUT2D eigenvalue weighted by atomic mass is 32.2. The molecule has 1 unspecified atom stereocenters. The highest BCUT2D eigenvalue weighted by Gasteiger charge is 2.29. The van der Waals surface area contributed by atoms with Crippen LogP contribution >= 0.6 is 0 Å². The largest absolute Gasteiger partial charge is 0.316 e. The molecule has 0 saturated carbocycles. The number of halogens is 1. The van der Waals surface area contributed by atoms with Crippen molar-refractivity contribution in [3.8, 4) is 0 Å². The summed E-state index contributed by atoms with van der Waals surface area (Å²) >= 11 is 0. The molecular formula is C15H23FN2O2S. The predicted molar refractivity (Wildman–Crippen MR) is 80.9 cm³/mol. The average molecular weight is 314 g/mol. The van der Waals surface area contributed by atoms with Crippen molar-refractivity contribution in [1.29, 1.82) is 0 Å². The van der Waals surface area contributed by atoms with Crippen LogP contribution < -0.4 is 5.32 Å². The van der Waals surface area contributed by atoms with Gasteiger partial charge in [0.05, 0.1) is 0 Å². The van der Waals surface area contributed by atoms with E-state index in [1.54, 1.807) is 13.1 Å². The first-order valence-corrected chi connectivity index (χ1v) is 8.82. The summed E-state index contributed by atoms with van der Waals surface area (Å²) < 4.78 is 40.8. The normalized spacial score (nSPS) is 21.2. The first kappa shape index (κ1) is 16.4. The number of benzene rings is 1. The molecule has 0 aromatic heterocycles. The van der Waals surface area contributed by atoms with Gasteiger partial charge in [0.15, 0.2) is 0 Å². The Morgan fingerprint density at radius 3 is 2.81 bits per heavy atom. The Bertz CT molecular complexity index is 589. The summed E-state index contributed by atoms with van der Waals surface area (Å²) in [5, 5.41) is 2.95. The van der Waals surface area contributed by atoms with Crippen molar-refractivity contribution in [3.05, 3.63) is 29.6 Å². The minimum absolute atomic E-state index is 0.204. The Morgan fingerprint density at radius 2 is 2.10 bits per heavy atom. The van der Waals surface area contributed by atoms with Crippen LogP contribution in [-0.2, 0) is 16.6 Å². The van der Waals surface area contributed by atoms with Gasteiger partial charge in [0.1, 0.15) is 10.7 Å². The minimum atomic E-state index is -3.75. The summed E-state index contributed by atoms with van der Waals surface area (Å²) in [6, 6.07) is 4.28. The highest BCUT2D eigenvalue weighted by molar-refractivity contribution is 7.89. The second kappa shape index (κ2) is 6.85. The average Bonchev–Trinajstić information content (AvgIpc) is 2.66. The fraction of sp³-hybridized carbons (Fsp3) is 0.600. The van der Waals surface area contributed by atoms with Gasteiger partial charge in [0, 0.05) is 19.6 Å². The number of hydrogen-bond donors (Lipinski definition) is 1. The van der Waals surface area contributed by atoms with E-state index in [0.717, 1.165) is 24.8 Å². The first-order valence-electron chi connectivity index (χ1n) is 7.38. The van der Waals surface area contributed by atoms with E-state index in [-0.39, 0.29) is 4.90 Å². The van der Waals surface area contributed by atoms with Crippen LogP contribution in [0.25, 0.3) is 0 Å². The van der Waals surface area contributed by atoms with Gasteiger partial charge in [-0.25, -0.2) is 12.8 Å². The molecule has 0 bridgehead atoms. The summed E-state index contributed by atoms with van der Waals surface area (Å²) in [6.45, 7) is 3.59. The van der Waals surface area contributed by atoms with Crippen LogP contribution in [0.4, 0.5) is 4.39 Å². The number of sulfonamides is 1. The van der Waals surface area contributed by atoms with Gasteiger partial charge in [0.25, 0.3) is 0 Å². The molecule has 1 aromatic carbocycles. The van der Waals surface area contributed by atoms with Gasteiger partial charge < -0.3 is 5.32 Å². The van der Waals surface area contributed by atoms with E-state index in [4.69, 9.17) is 0 Å². The van der Waals surface area contributed by atoms with Crippen molar-refractivity contribution in [1.82, 2.24) is 9.62 Å². The van der Waals surface area contributed by atoms with E-state index in [1.165, 1.54) is 16.4 Å². The van der Waals surface area contributed by atoms with Crippen LogP contribution in [0.15, 0.2) is 23.1 Å². The van der Waals surface area contributed by atoms with Gasteiger partial charge >= 0.3 is 0 Å². The monoisotopic (exact) mass is 314 g/mol. The van der Waals surface area contributed by atoms with E-state index < -0.39 is 15.8 Å². The molecule has 1 aliphatic heterocycles. The first-order chi connectivity index (χ1) is 9.95. The molecule has 2 rings (SSSR count). The molecule has 6 heteroatoms. The fourth-order valence-electron chi connectivity index (χ4n) is 2.68. The Hall–Kier alpha value is -0.980. The zero-order chi connectivity index (χ0) is 15.5. The van der Waals surface area contributed by atoms with Crippen LogP contribution in [-0.4, -0.2) is 32.9 Å². The van der Waals surface area contributed by atoms with Crippen molar-refractivity contribution >= 4 is 10.0 Å². The van der Waals surface area contributed by atoms with Gasteiger partial charge in [-0.15, -0.1) is 0 Å². The molecule has 0 aliphatic carbocycles. The van der Waals surface area contributed by atoms with Crippen LogP contribution in [0.2, 0.25) is 0 Å². The lowest BCUT2D eigenvalue weighted by atomic mass is 10.0. The highest BCUT2D eigenvalue weighted by Crippen LogP contribution is 2.25. The zero-order valence-corrected chi connectivity index (χ0v) is 13.4. The molecule has 4 nitrogen and oxygen atoms in total. The predicted octanol–water partition coefficient (Wildman–Crippen LogP) is 2.36. The van der Waals surface area contributed by atoms with Gasteiger partial charge in [-0.2, -0.15) is 4.31 Å². The molecule has 1 aromatic rings. The lowest BCUT2D eigenvalue weighted by Crippen LogP contribution is -2.32. The molecule has 1 aliphatic rings. The molecule has 0 spiro atoms. The molecular weight excluding hydrogens is 291 g/mol. The summed E-state index contributed by atoms with van der Waals surface area (Å²) in [5.74, 6) is -0.155. The van der Waals surface area contributed by atoms with Crippen molar-refractivity contribution in [3.63, 3.8) is 0 Å². The van der Waals surface area contributed by atoms with Crippen LogP contribution in [0.5, 0.6) is 0 Å². The number of nitrogens with zero attached hydrogens (tertiary/aromatic N) is 1. The zero-order valence-electron chi connectivity index (χ0n) is 12.6. The van der Waals surface area contributed by atoms with Gasteiger partial charge in [0.2, 0.25) is 10.0 Å². The molecule has 1 heterocycles. The summed E-state index contributed by atoms with van der Waals surface area (Å²) in [7, 11) is -1.98. The van der Waals surface area contributed by atoms with Gasteiger partial charge in [-0.05, 0) is 49.9 Å². The third-order valence-electron chi connectivity index (χ3n) is 3.97. The van der Waals surface area contributed by atoms with Crippen LogP contribution in [0.1, 0.15) is 31.7 Å². The number of hydrogen-bond acceptors (Lipinski definition) is 3. The third kappa shape index (κ3) is 3.81. The maximum atomic E-state index is 14.0. The van der Waals surface area contributed by atoms with Crippen molar-refractivity contribution < 1.29 is 12.8 Å². The van der Waals surface area contributed by atoms with Crippen molar-refractivity contribution in [2.75, 3.05) is 20.1 Å². The maximum absolute atomic E-state index is 14.0. The molecule has 21 heavy (non-hydrogen) atoms. The smallest absolute Gasteiger partial charge is 0.245 e. The number of rotatable bonds is 4. The Kier molecular flexibility index (Phi) is 5.35. The molecule has 1 saturated heterocycles. The minimum Gasteiger partial charge on any atom is -0.316 e. The summed E-state index contributed by atoms with van der Waals surface area (Å²) in [6.07, 6.45) is 2.68. The van der Waals surface area contributed by atoms with E-state index in [2.05, 4.69) is 12.2 Å². The SMILES string of the molecule is CNCc1ccc(F)c(S(=O)(=O)N2CCCC(C)CC2)c1. The Balaban J connectivity index is 2.32. The van der Waals surface area contributed by atoms with E-state index in [9.17, 15) is 12.8 Å². The molecule has 1 fully saturated rings. The Morgan fingerprint density at radius 1 is 1.33 bits per heavy atom. The van der Waals surface area contributed by atoms with Crippen LogP contribution in [0, 0.1) is 11.7 Å². The molecule has 1 atom stereocenters. The van der Waals surface area contributed by atoms with E-state index in [1.807, 2.05) is 0 Å². The van der Waals surface area contributed by atoms with E-state index in [0.29, 0.717) is 25.6 Å². The number of nitrogens with one attached hydrogen (secondary N) is 1.